The quantitative estimate of drug-likeness (QED) is 0.747. The molecule has 0 radical (unpaired) electrons. The number of amides is 1. The van der Waals surface area contributed by atoms with Gasteiger partial charge in [-0.3, -0.25) is 9.59 Å². The number of ketones is 1. The molecule has 1 aromatic heterocycles. The van der Waals surface area contributed by atoms with Crippen LogP contribution >= 0.6 is 11.3 Å². The fourth-order valence-corrected chi connectivity index (χ4v) is 4.01. The molecular weight excluding hydrogens is 362 g/mol. The van der Waals surface area contributed by atoms with E-state index >= 15 is 0 Å². The van der Waals surface area contributed by atoms with E-state index in [0.29, 0.717) is 30.3 Å². The summed E-state index contributed by atoms with van der Waals surface area (Å²) in [5.41, 5.74) is 0.429. The Morgan fingerprint density at radius 3 is 2.52 bits per heavy atom. The van der Waals surface area contributed by atoms with Crippen molar-refractivity contribution in [2.24, 2.45) is 5.41 Å². The van der Waals surface area contributed by atoms with Crippen molar-refractivity contribution < 1.29 is 19.1 Å². The van der Waals surface area contributed by atoms with Gasteiger partial charge < -0.3 is 14.8 Å². The predicted molar refractivity (Wildman–Crippen MR) is 106 cm³/mol. The lowest BCUT2D eigenvalue weighted by atomic mass is 9.85. The van der Waals surface area contributed by atoms with Crippen LogP contribution in [0.15, 0.2) is 35.7 Å². The first-order valence-corrected chi connectivity index (χ1v) is 9.98. The fourth-order valence-electron chi connectivity index (χ4n) is 2.99. The molecule has 0 bridgehead atoms. The van der Waals surface area contributed by atoms with E-state index in [1.165, 1.54) is 0 Å². The van der Waals surface area contributed by atoms with Crippen molar-refractivity contribution in [1.29, 1.82) is 0 Å². The zero-order chi connectivity index (χ0) is 19.4. The second-order valence-electron chi connectivity index (χ2n) is 7.66. The molecule has 0 aliphatic carbocycles. The number of carbonyl (C=O) groups excluding carboxylic acids is 2. The molecule has 0 spiro atoms. The van der Waals surface area contributed by atoms with Crippen molar-refractivity contribution in [3.8, 4) is 11.5 Å². The number of nitrogens with one attached hydrogen (secondary N) is 1. The summed E-state index contributed by atoms with van der Waals surface area (Å²) in [7, 11) is 0. The molecule has 5 nitrogen and oxygen atoms in total. The van der Waals surface area contributed by atoms with Gasteiger partial charge in [0, 0.05) is 23.3 Å². The Morgan fingerprint density at radius 2 is 1.85 bits per heavy atom. The molecule has 1 amide bonds. The number of hydrogen-bond donors (Lipinski definition) is 1. The molecule has 3 rings (SSSR count). The number of Topliss-reactive ketones (excluding diaryl/α,β-unsaturated/α-hetero) is 1. The van der Waals surface area contributed by atoms with Gasteiger partial charge in [-0.1, -0.05) is 26.8 Å². The monoisotopic (exact) mass is 387 g/mol. The Labute approximate surface area is 163 Å². The lowest BCUT2D eigenvalue weighted by molar-refractivity contribution is -0.122. The Bertz CT molecular complexity index is 808. The maximum atomic E-state index is 12.5. The summed E-state index contributed by atoms with van der Waals surface area (Å²) in [6, 6.07) is 9.09. The average Bonchev–Trinajstić information content (AvgIpc) is 3.17. The normalized spacial score (nSPS) is 14.5. The summed E-state index contributed by atoms with van der Waals surface area (Å²) < 4.78 is 11.0. The molecule has 2 aromatic rings. The molecule has 0 saturated heterocycles. The van der Waals surface area contributed by atoms with Crippen LogP contribution in [0.1, 0.15) is 54.9 Å². The first kappa shape index (κ1) is 19.4. The minimum Gasteiger partial charge on any atom is -0.486 e. The van der Waals surface area contributed by atoms with E-state index in [0.717, 1.165) is 4.88 Å². The summed E-state index contributed by atoms with van der Waals surface area (Å²) in [6.45, 7) is 7.28. The van der Waals surface area contributed by atoms with E-state index in [1.54, 1.807) is 29.5 Å². The van der Waals surface area contributed by atoms with Crippen LogP contribution in [0.5, 0.6) is 11.5 Å². The molecular formula is C21H25NO4S. The van der Waals surface area contributed by atoms with Crippen LogP contribution in [0.3, 0.4) is 0 Å². The van der Waals surface area contributed by atoms with Gasteiger partial charge in [0.2, 0.25) is 5.91 Å². The lowest BCUT2D eigenvalue weighted by Gasteiger charge is -2.30. The molecule has 0 saturated carbocycles. The van der Waals surface area contributed by atoms with E-state index in [1.807, 2.05) is 17.5 Å². The van der Waals surface area contributed by atoms with Crippen molar-refractivity contribution in [2.75, 3.05) is 13.2 Å². The molecule has 1 aliphatic heterocycles. The summed E-state index contributed by atoms with van der Waals surface area (Å²) >= 11 is 1.63. The van der Waals surface area contributed by atoms with Gasteiger partial charge in [-0.25, -0.2) is 0 Å². The third-order valence-electron chi connectivity index (χ3n) is 4.44. The molecule has 1 aromatic carbocycles. The predicted octanol–water partition coefficient (Wildman–Crippen LogP) is 4.39. The van der Waals surface area contributed by atoms with Gasteiger partial charge in [0.1, 0.15) is 13.2 Å². The maximum Gasteiger partial charge on any atom is 0.220 e. The highest BCUT2D eigenvalue weighted by Crippen LogP contribution is 2.35. The summed E-state index contributed by atoms with van der Waals surface area (Å²) in [5.74, 6) is 1.04. The van der Waals surface area contributed by atoms with Crippen LogP contribution in [0, 0.1) is 5.41 Å². The number of ether oxygens (including phenoxy) is 2. The van der Waals surface area contributed by atoms with Crippen LogP contribution in [0.2, 0.25) is 0 Å². The van der Waals surface area contributed by atoms with Crippen LogP contribution < -0.4 is 14.8 Å². The van der Waals surface area contributed by atoms with Crippen molar-refractivity contribution in [1.82, 2.24) is 5.32 Å². The third kappa shape index (κ3) is 4.89. The molecule has 144 valence electrons. The van der Waals surface area contributed by atoms with E-state index in [9.17, 15) is 9.59 Å². The van der Waals surface area contributed by atoms with Crippen LogP contribution in [-0.2, 0) is 4.79 Å². The number of thiophene rings is 1. The van der Waals surface area contributed by atoms with Crippen molar-refractivity contribution >= 4 is 23.0 Å². The second-order valence-corrected chi connectivity index (χ2v) is 8.64. The standard InChI is InChI=1S/C21H25NO4S/c1-21(2,3)20(18-5-4-12-27-18)22-19(24)9-7-15(23)14-6-8-16-17(13-14)26-11-10-25-16/h4-6,8,12-13,20H,7,9-11H2,1-3H3,(H,22,24). The van der Waals surface area contributed by atoms with Crippen LogP contribution in [-0.4, -0.2) is 24.9 Å². The molecule has 27 heavy (non-hydrogen) atoms. The molecule has 1 aliphatic rings. The SMILES string of the molecule is CC(C)(C)C(NC(=O)CCC(=O)c1ccc2c(c1)OCCO2)c1cccs1. The van der Waals surface area contributed by atoms with Gasteiger partial charge >= 0.3 is 0 Å². The highest BCUT2D eigenvalue weighted by Gasteiger charge is 2.28. The molecule has 1 N–H and O–H groups in total. The zero-order valence-electron chi connectivity index (χ0n) is 15.9. The Morgan fingerprint density at radius 1 is 1.11 bits per heavy atom. The average molecular weight is 388 g/mol. The van der Waals surface area contributed by atoms with Gasteiger partial charge in [0.25, 0.3) is 0 Å². The summed E-state index contributed by atoms with van der Waals surface area (Å²) in [5, 5.41) is 5.10. The lowest BCUT2D eigenvalue weighted by Crippen LogP contribution is -2.36. The first-order chi connectivity index (χ1) is 12.8. The van der Waals surface area contributed by atoms with Gasteiger partial charge in [-0.15, -0.1) is 11.3 Å². The maximum absolute atomic E-state index is 12.5. The number of carbonyl (C=O) groups is 2. The number of fused-ring (bicyclic) bond motifs is 1. The highest BCUT2D eigenvalue weighted by atomic mass is 32.1. The fraction of sp³-hybridized carbons (Fsp3) is 0.429. The Kier molecular flexibility index (Phi) is 5.85. The molecule has 0 fully saturated rings. The summed E-state index contributed by atoms with van der Waals surface area (Å²) in [4.78, 5) is 26.1. The van der Waals surface area contributed by atoms with Crippen molar-refractivity contribution in [3.05, 3.63) is 46.2 Å². The second kappa shape index (κ2) is 8.13. The van der Waals surface area contributed by atoms with Crippen LogP contribution in [0.25, 0.3) is 0 Å². The smallest absolute Gasteiger partial charge is 0.220 e. The minimum absolute atomic E-state index is 0.0746. The largest absolute Gasteiger partial charge is 0.486 e. The molecule has 1 unspecified atom stereocenters. The van der Waals surface area contributed by atoms with E-state index < -0.39 is 0 Å². The molecule has 1 atom stereocenters. The Balaban J connectivity index is 1.59. The molecule has 2 heterocycles. The topological polar surface area (TPSA) is 64.6 Å². The van der Waals surface area contributed by atoms with Crippen molar-refractivity contribution in [3.63, 3.8) is 0 Å². The third-order valence-corrected chi connectivity index (χ3v) is 5.38. The van der Waals surface area contributed by atoms with Crippen molar-refractivity contribution in [2.45, 2.75) is 39.7 Å². The number of rotatable bonds is 6. The molecule has 6 heteroatoms. The minimum atomic E-state index is -0.116. The van der Waals surface area contributed by atoms with Crippen LogP contribution in [0.4, 0.5) is 0 Å². The highest BCUT2D eigenvalue weighted by molar-refractivity contribution is 7.10. The zero-order valence-corrected chi connectivity index (χ0v) is 16.7. The number of benzene rings is 1. The number of hydrogen-bond acceptors (Lipinski definition) is 5. The van der Waals surface area contributed by atoms with E-state index in [-0.39, 0.29) is 36.0 Å². The van der Waals surface area contributed by atoms with Gasteiger partial charge in [0.05, 0.1) is 6.04 Å². The van der Waals surface area contributed by atoms with Gasteiger partial charge in [-0.05, 0) is 35.1 Å². The first-order valence-electron chi connectivity index (χ1n) is 9.10. The van der Waals surface area contributed by atoms with E-state index in [4.69, 9.17) is 9.47 Å². The summed E-state index contributed by atoms with van der Waals surface area (Å²) in [6.07, 6.45) is 0.317. The van der Waals surface area contributed by atoms with E-state index in [2.05, 4.69) is 26.1 Å². The van der Waals surface area contributed by atoms with Gasteiger partial charge in [-0.2, -0.15) is 0 Å². The van der Waals surface area contributed by atoms with Gasteiger partial charge in [0.15, 0.2) is 17.3 Å². The Hall–Kier alpha value is -2.34.